The molecule has 0 saturated carbocycles. The van der Waals surface area contributed by atoms with E-state index in [1.807, 2.05) is 37.3 Å². The highest BCUT2D eigenvalue weighted by atomic mass is 16.6. The second kappa shape index (κ2) is 7.20. The van der Waals surface area contributed by atoms with Gasteiger partial charge in [0, 0.05) is 0 Å². The number of fused-ring (bicyclic) bond motifs is 1. The molecule has 1 aliphatic carbocycles. The number of ether oxygens (including phenoxy) is 2. The number of allylic oxidation sites excluding steroid dienone is 1. The van der Waals surface area contributed by atoms with E-state index in [0.717, 1.165) is 43.2 Å². The molecule has 1 aromatic carbocycles. The van der Waals surface area contributed by atoms with E-state index >= 15 is 0 Å². The van der Waals surface area contributed by atoms with Gasteiger partial charge in [0.05, 0.1) is 11.8 Å². The average molecular weight is 328 g/mol. The van der Waals surface area contributed by atoms with E-state index in [-0.39, 0.29) is 25.0 Å². The summed E-state index contributed by atoms with van der Waals surface area (Å²) in [5.41, 5.74) is 1.36. The lowest BCUT2D eigenvalue weighted by Crippen LogP contribution is -2.25. The van der Waals surface area contributed by atoms with Crippen LogP contribution in [0.1, 0.15) is 51.0 Å². The lowest BCUT2D eigenvalue weighted by atomic mass is 9.75. The molecule has 3 rings (SSSR count). The van der Waals surface area contributed by atoms with E-state index in [0.29, 0.717) is 0 Å². The van der Waals surface area contributed by atoms with Crippen molar-refractivity contribution in [1.29, 1.82) is 0 Å². The summed E-state index contributed by atoms with van der Waals surface area (Å²) in [6.45, 7) is 2.19. The molecule has 0 unspecified atom stereocenters. The van der Waals surface area contributed by atoms with Gasteiger partial charge in [-0.05, 0) is 37.3 Å². The van der Waals surface area contributed by atoms with E-state index in [2.05, 4.69) is 6.08 Å². The maximum Gasteiger partial charge on any atom is 0.316 e. The van der Waals surface area contributed by atoms with Crippen LogP contribution in [-0.4, -0.2) is 18.0 Å². The molecule has 0 aromatic heterocycles. The van der Waals surface area contributed by atoms with Crippen molar-refractivity contribution in [3.05, 3.63) is 47.5 Å². The van der Waals surface area contributed by atoms with Crippen LogP contribution in [0, 0.1) is 5.41 Å². The molecule has 0 N–H and O–H groups in total. The number of esters is 2. The quantitative estimate of drug-likeness (QED) is 0.620. The monoisotopic (exact) mass is 328 g/mol. The Bertz CT molecular complexity index is 634. The summed E-state index contributed by atoms with van der Waals surface area (Å²) in [6, 6.07) is 9.57. The minimum Gasteiger partial charge on any atom is -0.461 e. The fraction of sp³-hybridized carbons (Fsp3) is 0.500. The van der Waals surface area contributed by atoms with Gasteiger partial charge < -0.3 is 9.47 Å². The number of cyclic esters (lactones) is 1. The third kappa shape index (κ3) is 3.53. The highest BCUT2D eigenvalue weighted by molar-refractivity contribution is 5.85. The molecule has 1 heterocycles. The summed E-state index contributed by atoms with van der Waals surface area (Å²) < 4.78 is 10.9. The number of carbonyl (C=O) groups excluding carboxylic acids is 2. The largest absolute Gasteiger partial charge is 0.461 e. The fourth-order valence-electron chi connectivity index (χ4n) is 3.56. The Morgan fingerprint density at radius 1 is 1.25 bits per heavy atom. The predicted molar refractivity (Wildman–Crippen MR) is 90.0 cm³/mol. The Kier molecular flexibility index (Phi) is 5.03. The lowest BCUT2D eigenvalue weighted by molar-refractivity contribution is -0.152. The Labute approximate surface area is 142 Å². The van der Waals surface area contributed by atoms with Gasteiger partial charge in [0.1, 0.15) is 12.7 Å². The number of hydrogen-bond donors (Lipinski definition) is 0. The molecule has 0 radical (unpaired) electrons. The average Bonchev–Trinajstić information content (AvgIpc) is 2.78. The van der Waals surface area contributed by atoms with Crippen LogP contribution in [0.3, 0.4) is 0 Å². The zero-order chi connectivity index (χ0) is 17.0. The summed E-state index contributed by atoms with van der Waals surface area (Å²) in [5.74, 6) is -0.527. The molecule has 1 saturated heterocycles. The van der Waals surface area contributed by atoms with Crippen molar-refractivity contribution >= 4 is 11.9 Å². The minimum atomic E-state index is -0.565. The van der Waals surface area contributed by atoms with Crippen molar-refractivity contribution in [2.45, 2.75) is 58.2 Å². The third-order valence-corrected chi connectivity index (χ3v) is 5.02. The Morgan fingerprint density at radius 2 is 2.04 bits per heavy atom. The van der Waals surface area contributed by atoms with E-state index in [1.54, 1.807) is 0 Å². The second-order valence-electron chi connectivity index (χ2n) is 6.84. The van der Waals surface area contributed by atoms with Crippen LogP contribution < -0.4 is 0 Å². The number of hydrogen-bond acceptors (Lipinski definition) is 4. The molecule has 1 aliphatic heterocycles. The van der Waals surface area contributed by atoms with Gasteiger partial charge in [-0.2, -0.15) is 0 Å². The van der Waals surface area contributed by atoms with Crippen LogP contribution in [-0.2, 0) is 25.7 Å². The van der Waals surface area contributed by atoms with Crippen molar-refractivity contribution in [1.82, 2.24) is 0 Å². The standard InChI is InChI=1S/C20H24O4/c1-20-12-8-3-2-7-11-16(20)17(24-19(20)22)13-18(21)23-14-15-9-5-4-6-10-15/h4-6,9-11,17H,2-3,7-8,12-14H2,1H3/t17-,20+/m1/s1. The fourth-order valence-corrected chi connectivity index (χ4v) is 3.56. The van der Waals surface area contributed by atoms with E-state index in [4.69, 9.17) is 9.47 Å². The molecule has 4 nitrogen and oxygen atoms in total. The first-order valence-electron chi connectivity index (χ1n) is 8.71. The molecule has 24 heavy (non-hydrogen) atoms. The summed E-state index contributed by atoms with van der Waals surface area (Å²) >= 11 is 0. The molecule has 4 heteroatoms. The summed E-state index contributed by atoms with van der Waals surface area (Å²) in [4.78, 5) is 24.5. The maximum atomic E-state index is 12.4. The molecule has 0 spiro atoms. The number of carbonyl (C=O) groups is 2. The zero-order valence-electron chi connectivity index (χ0n) is 14.1. The molecular weight excluding hydrogens is 304 g/mol. The molecule has 0 bridgehead atoms. The second-order valence-corrected chi connectivity index (χ2v) is 6.84. The van der Waals surface area contributed by atoms with Gasteiger partial charge in [-0.15, -0.1) is 0 Å². The van der Waals surface area contributed by atoms with Crippen molar-refractivity contribution in [2.24, 2.45) is 5.41 Å². The minimum absolute atomic E-state index is 0.0972. The first-order chi connectivity index (χ1) is 11.6. The van der Waals surface area contributed by atoms with Crippen LogP contribution in [0.5, 0.6) is 0 Å². The van der Waals surface area contributed by atoms with E-state index in [1.165, 1.54) is 0 Å². The van der Waals surface area contributed by atoms with Gasteiger partial charge in [-0.1, -0.05) is 49.2 Å². The topological polar surface area (TPSA) is 52.6 Å². The third-order valence-electron chi connectivity index (χ3n) is 5.02. The van der Waals surface area contributed by atoms with Crippen molar-refractivity contribution in [3.63, 3.8) is 0 Å². The summed E-state index contributed by atoms with van der Waals surface area (Å²) in [6.07, 6.45) is 6.76. The van der Waals surface area contributed by atoms with Crippen LogP contribution in [0.25, 0.3) is 0 Å². The Hall–Kier alpha value is -2.10. The molecule has 1 fully saturated rings. The van der Waals surface area contributed by atoms with Crippen LogP contribution in [0.2, 0.25) is 0 Å². The zero-order valence-corrected chi connectivity index (χ0v) is 14.1. The summed E-state index contributed by atoms with van der Waals surface area (Å²) in [7, 11) is 0. The predicted octanol–water partition coefficient (Wildman–Crippen LogP) is 3.94. The van der Waals surface area contributed by atoms with E-state index in [9.17, 15) is 9.59 Å². The maximum absolute atomic E-state index is 12.4. The Morgan fingerprint density at radius 3 is 2.83 bits per heavy atom. The van der Waals surface area contributed by atoms with Crippen molar-refractivity contribution in [3.8, 4) is 0 Å². The smallest absolute Gasteiger partial charge is 0.316 e. The van der Waals surface area contributed by atoms with E-state index < -0.39 is 11.5 Å². The number of rotatable bonds is 4. The van der Waals surface area contributed by atoms with Crippen molar-refractivity contribution in [2.75, 3.05) is 0 Å². The van der Waals surface area contributed by atoms with Crippen LogP contribution >= 0.6 is 0 Å². The van der Waals surface area contributed by atoms with Gasteiger partial charge in [0.25, 0.3) is 0 Å². The van der Waals surface area contributed by atoms with Crippen molar-refractivity contribution < 1.29 is 19.1 Å². The number of benzene rings is 1. The highest BCUT2D eigenvalue weighted by Gasteiger charge is 2.50. The highest BCUT2D eigenvalue weighted by Crippen LogP contribution is 2.45. The van der Waals surface area contributed by atoms with Gasteiger partial charge in [0.15, 0.2) is 0 Å². The van der Waals surface area contributed by atoms with Gasteiger partial charge in [-0.25, -0.2) is 0 Å². The molecule has 2 aliphatic rings. The van der Waals surface area contributed by atoms with Gasteiger partial charge in [0.2, 0.25) is 0 Å². The molecule has 0 amide bonds. The first-order valence-corrected chi connectivity index (χ1v) is 8.71. The SMILES string of the molecule is C[C@]12CCCCCC=C1[C@@H](CC(=O)OCc1ccccc1)OC2=O. The lowest BCUT2D eigenvalue weighted by Gasteiger charge is -2.24. The Balaban J connectivity index is 1.64. The molecule has 2 atom stereocenters. The van der Waals surface area contributed by atoms with Gasteiger partial charge in [-0.3, -0.25) is 9.59 Å². The van der Waals surface area contributed by atoms with Crippen LogP contribution in [0.15, 0.2) is 42.0 Å². The first kappa shape index (κ1) is 16.7. The molecule has 1 aromatic rings. The summed E-state index contributed by atoms with van der Waals surface area (Å²) in [5, 5.41) is 0. The normalized spacial score (nSPS) is 26.6. The molecule has 128 valence electrons. The van der Waals surface area contributed by atoms with Gasteiger partial charge >= 0.3 is 11.9 Å². The molecular formula is C20H24O4. The van der Waals surface area contributed by atoms with Crippen LogP contribution in [0.4, 0.5) is 0 Å².